The molecule has 24 heavy (non-hydrogen) atoms. The molecule has 1 aliphatic carbocycles. The SMILES string of the molecule is CCC1CCC(c2ccc(-c3nc4cc(N)ccc4o3)cc2)CC1. The maximum atomic E-state index is 5.86. The van der Waals surface area contributed by atoms with Gasteiger partial charge in [-0.15, -0.1) is 0 Å². The molecular weight excluding hydrogens is 296 g/mol. The van der Waals surface area contributed by atoms with Crippen LogP contribution in [0.5, 0.6) is 0 Å². The van der Waals surface area contributed by atoms with Gasteiger partial charge in [0.15, 0.2) is 5.58 Å². The summed E-state index contributed by atoms with van der Waals surface area (Å²) in [5.41, 5.74) is 10.6. The average molecular weight is 320 g/mol. The molecule has 1 saturated carbocycles. The molecule has 2 N–H and O–H groups in total. The van der Waals surface area contributed by atoms with Gasteiger partial charge in [-0.25, -0.2) is 4.98 Å². The van der Waals surface area contributed by atoms with Crippen LogP contribution in [0, 0.1) is 5.92 Å². The van der Waals surface area contributed by atoms with Gasteiger partial charge in [-0.2, -0.15) is 0 Å². The Labute approximate surface area is 142 Å². The summed E-state index contributed by atoms with van der Waals surface area (Å²) in [6.07, 6.45) is 6.71. The van der Waals surface area contributed by atoms with Crippen molar-refractivity contribution in [3.05, 3.63) is 48.0 Å². The first kappa shape index (κ1) is 15.3. The predicted molar refractivity (Wildman–Crippen MR) is 98.8 cm³/mol. The summed E-state index contributed by atoms with van der Waals surface area (Å²) >= 11 is 0. The number of benzene rings is 2. The Kier molecular flexibility index (Phi) is 4.01. The lowest BCUT2D eigenvalue weighted by Crippen LogP contribution is -2.12. The maximum Gasteiger partial charge on any atom is 0.227 e. The summed E-state index contributed by atoms with van der Waals surface area (Å²) < 4.78 is 5.86. The number of nitrogen functional groups attached to an aromatic ring is 1. The minimum Gasteiger partial charge on any atom is -0.436 e. The first-order chi connectivity index (χ1) is 11.7. The van der Waals surface area contributed by atoms with Gasteiger partial charge in [-0.05, 0) is 73.4 Å². The quantitative estimate of drug-likeness (QED) is 0.624. The van der Waals surface area contributed by atoms with E-state index in [0.717, 1.165) is 22.6 Å². The van der Waals surface area contributed by atoms with Gasteiger partial charge in [0, 0.05) is 11.3 Å². The minimum absolute atomic E-state index is 0.664. The molecular formula is C21H24N2O. The van der Waals surface area contributed by atoms with Crippen LogP contribution in [0.15, 0.2) is 46.9 Å². The molecule has 0 amide bonds. The standard InChI is InChI=1S/C21H24N2O/c1-2-14-3-5-15(6-4-14)16-7-9-17(10-8-16)21-23-19-13-18(22)11-12-20(19)24-21/h7-15H,2-6,22H2,1H3. The zero-order valence-electron chi connectivity index (χ0n) is 14.2. The first-order valence-corrected chi connectivity index (χ1v) is 8.99. The lowest BCUT2D eigenvalue weighted by atomic mass is 9.78. The second kappa shape index (κ2) is 6.31. The number of anilines is 1. The molecule has 1 heterocycles. The van der Waals surface area contributed by atoms with E-state index in [1.54, 1.807) is 0 Å². The molecule has 124 valence electrons. The number of aromatic nitrogens is 1. The Balaban J connectivity index is 1.54. The number of nitrogens with two attached hydrogens (primary N) is 1. The van der Waals surface area contributed by atoms with Gasteiger partial charge >= 0.3 is 0 Å². The number of nitrogens with zero attached hydrogens (tertiary/aromatic N) is 1. The third-order valence-electron chi connectivity index (χ3n) is 5.46. The van der Waals surface area contributed by atoms with Crippen LogP contribution in [0.4, 0.5) is 5.69 Å². The smallest absolute Gasteiger partial charge is 0.227 e. The summed E-state index contributed by atoms with van der Waals surface area (Å²) in [5, 5.41) is 0. The van der Waals surface area contributed by atoms with Crippen molar-refractivity contribution in [3.8, 4) is 11.5 Å². The molecule has 0 bridgehead atoms. The molecule has 0 saturated heterocycles. The van der Waals surface area contributed by atoms with Gasteiger partial charge in [-0.3, -0.25) is 0 Å². The van der Waals surface area contributed by atoms with Gasteiger partial charge in [0.2, 0.25) is 5.89 Å². The molecule has 0 radical (unpaired) electrons. The molecule has 3 aromatic rings. The van der Waals surface area contributed by atoms with Crippen molar-refractivity contribution in [2.75, 3.05) is 5.73 Å². The van der Waals surface area contributed by atoms with Crippen molar-refractivity contribution in [3.63, 3.8) is 0 Å². The zero-order chi connectivity index (χ0) is 16.5. The predicted octanol–water partition coefficient (Wildman–Crippen LogP) is 5.76. The second-order valence-electron chi connectivity index (χ2n) is 6.99. The topological polar surface area (TPSA) is 52.0 Å². The van der Waals surface area contributed by atoms with E-state index in [1.807, 2.05) is 18.2 Å². The van der Waals surface area contributed by atoms with Crippen molar-refractivity contribution < 1.29 is 4.42 Å². The number of fused-ring (bicyclic) bond motifs is 1. The van der Waals surface area contributed by atoms with E-state index in [4.69, 9.17) is 10.2 Å². The highest BCUT2D eigenvalue weighted by molar-refractivity contribution is 5.79. The Morgan fingerprint density at radius 1 is 1.04 bits per heavy atom. The molecule has 1 aromatic heterocycles. The maximum absolute atomic E-state index is 5.86. The molecule has 2 aromatic carbocycles. The number of hydrogen-bond donors (Lipinski definition) is 1. The highest BCUT2D eigenvalue weighted by Gasteiger charge is 2.21. The Hall–Kier alpha value is -2.29. The van der Waals surface area contributed by atoms with Crippen LogP contribution in [0.2, 0.25) is 0 Å². The van der Waals surface area contributed by atoms with E-state index >= 15 is 0 Å². The van der Waals surface area contributed by atoms with Gasteiger partial charge in [0.05, 0.1) is 0 Å². The summed E-state index contributed by atoms with van der Waals surface area (Å²) in [6.45, 7) is 2.31. The Morgan fingerprint density at radius 3 is 2.50 bits per heavy atom. The largest absolute Gasteiger partial charge is 0.436 e. The second-order valence-corrected chi connectivity index (χ2v) is 6.99. The molecule has 3 heteroatoms. The number of oxazole rings is 1. The normalized spacial score (nSPS) is 21.2. The molecule has 3 nitrogen and oxygen atoms in total. The van der Waals surface area contributed by atoms with Gasteiger partial charge in [0.1, 0.15) is 5.52 Å². The van der Waals surface area contributed by atoms with Crippen LogP contribution in [0.25, 0.3) is 22.6 Å². The lowest BCUT2D eigenvalue weighted by molar-refractivity contribution is 0.319. The number of hydrogen-bond acceptors (Lipinski definition) is 3. The van der Waals surface area contributed by atoms with Crippen molar-refractivity contribution in [2.24, 2.45) is 5.92 Å². The van der Waals surface area contributed by atoms with E-state index in [2.05, 4.69) is 36.2 Å². The fraction of sp³-hybridized carbons (Fsp3) is 0.381. The fourth-order valence-electron chi connectivity index (χ4n) is 3.87. The molecule has 0 unspecified atom stereocenters. The molecule has 0 spiro atoms. The van der Waals surface area contributed by atoms with Crippen LogP contribution in [0.3, 0.4) is 0 Å². The fourth-order valence-corrected chi connectivity index (χ4v) is 3.87. The van der Waals surface area contributed by atoms with E-state index in [9.17, 15) is 0 Å². The molecule has 0 atom stereocenters. The van der Waals surface area contributed by atoms with Crippen LogP contribution in [0.1, 0.15) is 50.5 Å². The molecule has 1 fully saturated rings. The van der Waals surface area contributed by atoms with Crippen LogP contribution < -0.4 is 5.73 Å². The average Bonchev–Trinajstić information content (AvgIpc) is 3.05. The first-order valence-electron chi connectivity index (χ1n) is 8.99. The van der Waals surface area contributed by atoms with Crippen molar-refractivity contribution >= 4 is 16.8 Å². The summed E-state index contributed by atoms with van der Waals surface area (Å²) in [4.78, 5) is 4.56. The summed E-state index contributed by atoms with van der Waals surface area (Å²) in [6, 6.07) is 14.3. The molecule has 1 aliphatic rings. The molecule has 4 rings (SSSR count). The van der Waals surface area contributed by atoms with Crippen LogP contribution in [-0.4, -0.2) is 4.98 Å². The van der Waals surface area contributed by atoms with Crippen molar-refractivity contribution in [1.82, 2.24) is 4.98 Å². The summed E-state index contributed by atoms with van der Waals surface area (Å²) in [5.74, 6) is 2.31. The highest BCUT2D eigenvalue weighted by atomic mass is 16.3. The third kappa shape index (κ3) is 2.91. The van der Waals surface area contributed by atoms with Crippen LogP contribution in [-0.2, 0) is 0 Å². The Bertz CT molecular complexity index is 827. The van der Waals surface area contributed by atoms with E-state index < -0.39 is 0 Å². The van der Waals surface area contributed by atoms with E-state index in [-0.39, 0.29) is 0 Å². The lowest BCUT2D eigenvalue weighted by Gasteiger charge is -2.28. The van der Waals surface area contributed by atoms with E-state index in [1.165, 1.54) is 37.7 Å². The monoisotopic (exact) mass is 320 g/mol. The van der Waals surface area contributed by atoms with Gasteiger partial charge in [-0.1, -0.05) is 25.5 Å². The summed E-state index contributed by atoms with van der Waals surface area (Å²) in [7, 11) is 0. The van der Waals surface area contributed by atoms with Crippen molar-refractivity contribution in [2.45, 2.75) is 44.9 Å². The van der Waals surface area contributed by atoms with Gasteiger partial charge < -0.3 is 10.2 Å². The van der Waals surface area contributed by atoms with Crippen molar-refractivity contribution in [1.29, 1.82) is 0 Å². The minimum atomic E-state index is 0.664. The molecule has 0 aliphatic heterocycles. The third-order valence-corrected chi connectivity index (χ3v) is 5.46. The highest BCUT2D eigenvalue weighted by Crippen LogP contribution is 2.37. The van der Waals surface area contributed by atoms with E-state index in [0.29, 0.717) is 17.5 Å². The van der Waals surface area contributed by atoms with Gasteiger partial charge in [0.25, 0.3) is 0 Å². The Morgan fingerprint density at radius 2 is 1.79 bits per heavy atom. The van der Waals surface area contributed by atoms with Crippen LogP contribution >= 0.6 is 0 Å². The zero-order valence-corrected chi connectivity index (χ0v) is 14.2. The number of rotatable bonds is 3.